The maximum atomic E-state index is 11.6. The van der Waals surface area contributed by atoms with Gasteiger partial charge in [0.05, 0.1) is 19.3 Å². The largest absolute Gasteiger partial charge is 0.496 e. The van der Waals surface area contributed by atoms with Crippen molar-refractivity contribution >= 4 is 17.7 Å². The second kappa shape index (κ2) is 6.75. The first-order valence-corrected chi connectivity index (χ1v) is 7.80. The molecule has 0 aromatic heterocycles. The Balaban J connectivity index is 2.63. The first kappa shape index (κ1) is 16.9. The fourth-order valence-electron chi connectivity index (χ4n) is 3.16. The Bertz CT molecular complexity index is 574. The highest BCUT2D eigenvalue weighted by Gasteiger charge is 2.33. The molecule has 1 aliphatic rings. The molecule has 22 heavy (non-hydrogen) atoms. The van der Waals surface area contributed by atoms with E-state index < -0.39 is 12.2 Å². The summed E-state index contributed by atoms with van der Waals surface area (Å²) in [4.78, 5) is 13.0. The molecule has 6 heteroatoms. The molecule has 0 saturated carbocycles. The number of hydrogen-bond donors (Lipinski definition) is 2. The van der Waals surface area contributed by atoms with Crippen LogP contribution in [0.25, 0.3) is 0 Å². The van der Waals surface area contributed by atoms with Gasteiger partial charge in [-0.3, -0.25) is 0 Å². The number of piperidine rings is 1. The Labute approximate surface area is 135 Å². The van der Waals surface area contributed by atoms with Gasteiger partial charge in [-0.25, -0.2) is 4.79 Å². The quantitative estimate of drug-likeness (QED) is 0.883. The fraction of sp³-hybridized carbons (Fsp3) is 0.562. The summed E-state index contributed by atoms with van der Waals surface area (Å²) >= 11 is 6.31. The van der Waals surface area contributed by atoms with Crippen LogP contribution in [0, 0.1) is 6.92 Å². The third-order valence-corrected chi connectivity index (χ3v) is 4.68. The second-order valence-electron chi connectivity index (χ2n) is 5.68. The number of aliphatic hydroxyl groups excluding tert-OH is 1. The van der Waals surface area contributed by atoms with Crippen LogP contribution in [-0.4, -0.2) is 34.9 Å². The van der Waals surface area contributed by atoms with Gasteiger partial charge in [-0.2, -0.15) is 0 Å². The highest BCUT2D eigenvalue weighted by atomic mass is 35.5. The van der Waals surface area contributed by atoms with Crippen molar-refractivity contribution in [3.63, 3.8) is 0 Å². The van der Waals surface area contributed by atoms with Crippen LogP contribution in [0.4, 0.5) is 4.79 Å². The average molecular weight is 328 g/mol. The number of carbonyl (C=O) groups is 1. The molecule has 2 N–H and O–H groups in total. The molecule has 0 radical (unpaired) electrons. The lowest BCUT2D eigenvalue weighted by atomic mass is 9.89. The lowest BCUT2D eigenvalue weighted by Gasteiger charge is -2.36. The van der Waals surface area contributed by atoms with Crippen molar-refractivity contribution in [3.05, 3.63) is 27.8 Å². The van der Waals surface area contributed by atoms with Crippen molar-refractivity contribution in [2.75, 3.05) is 13.7 Å². The molecule has 1 aliphatic heterocycles. The standard InChI is InChI=1S/C16H22ClNO4/c1-9-12(17)8-11(10(2)19)15(22-3)14(9)13-6-4-5-7-18(13)16(20)21/h8,10,13,19H,4-7H2,1-3H3,(H,20,21). The van der Waals surface area contributed by atoms with Gasteiger partial charge in [0.15, 0.2) is 0 Å². The normalized spacial score (nSPS) is 19.9. The average Bonchev–Trinajstić information content (AvgIpc) is 2.49. The third-order valence-electron chi connectivity index (χ3n) is 4.29. The topological polar surface area (TPSA) is 70.0 Å². The van der Waals surface area contributed by atoms with Crippen LogP contribution in [0.3, 0.4) is 0 Å². The molecule has 122 valence electrons. The van der Waals surface area contributed by atoms with Gasteiger partial charge in [-0.05, 0) is 44.7 Å². The molecular weight excluding hydrogens is 306 g/mol. The molecule has 1 fully saturated rings. The Morgan fingerprint density at radius 3 is 2.73 bits per heavy atom. The number of benzene rings is 1. The van der Waals surface area contributed by atoms with Gasteiger partial charge >= 0.3 is 6.09 Å². The van der Waals surface area contributed by atoms with Crippen molar-refractivity contribution in [1.29, 1.82) is 0 Å². The minimum Gasteiger partial charge on any atom is -0.496 e. The smallest absolute Gasteiger partial charge is 0.407 e. The number of methoxy groups -OCH3 is 1. The van der Waals surface area contributed by atoms with Gasteiger partial charge in [0.25, 0.3) is 0 Å². The van der Waals surface area contributed by atoms with Crippen LogP contribution in [-0.2, 0) is 0 Å². The Kier molecular flexibility index (Phi) is 5.19. The lowest BCUT2D eigenvalue weighted by Crippen LogP contribution is -2.38. The molecule has 1 heterocycles. The van der Waals surface area contributed by atoms with Gasteiger partial charge in [-0.1, -0.05) is 11.6 Å². The Morgan fingerprint density at radius 1 is 1.50 bits per heavy atom. The first-order chi connectivity index (χ1) is 10.4. The van der Waals surface area contributed by atoms with Crippen LogP contribution in [0.2, 0.25) is 5.02 Å². The number of rotatable bonds is 3. The molecule has 1 aromatic carbocycles. The predicted octanol–water partition coefficient (Wildman–Crippen LogP) is 3.92. The minimum absolute atomic E-state index is 0.294. The van der Waals surface area contributed by atoms with E-state index in [1.807, 2.05) is 6.92 Å². The zero-order valence-electron chi connectivity index (χ0n) is 13.1. The summed E-state index contributed by atoms with van der Waals surface area (Å²) in [5.74, 6) is 0.537. The highest BCUT2D eigenvalue weighted by molar-refractivity contribution is 6.31. The number of likely N-dealkylation sites (tertiary alicyclic amines) is 1. The summed E-state index contributed by atoms with van der Waals surface area (Å²) in [6, 6.07) is 1.40. The maximum absolute atomic E-state index is 11.6. The van der Waals surface area contributed by atoms with Crippen molar-refractivity contribution in [2.45, 2.75) is 45.3 Å². The summed E-state index contributed by atoms with van der Waals surface area (Å²) in [6.07, 6.45) is 0.850. The van der Waals surface area contributed by atoms with Gasteiger partial charge in [0.2, 0.25) is 0 Å². The molecule has 1 amide bonds. The predicted molar refractivity (Wildman–Crippen MR) is 84.7 cm³/mol. The van der Waals surface area contributed by atoms with Crippen LogP contribution < -0.4 is 4.74 Å². The number of halogens is 1. The molecule has 1 aromatic rings. The number of carboxylic acid groups (broad SMARTS) is 1. The monoisotopic (exact) mass is 327 g/mol. The van der Waals surface area contributed by atoms with E-state index in [2.05, 4.69) is 0 Å². The fourth-order valence-corrected chi connectivity index (χ4v) is 3.38. The summed E-state index contributed by atoms with van der Waals surface area (Å²) in [5, 5.41) is 20.0. The molecule has 5 nitrogen and oxygen atoms in total. The van der Waals surface area contributed by atoms with Crippen molar-refractivity contribution in [1.82, 2.24) is 4.90 Å². The van der Waals surface area contributed by atoms with E-state index in [1.54, 1.807) is 13.0 Å². The van der Waals surface area contributed by atoms with E-state index in [9.17, 15) is 15.0 Å². The van der Waals surface area contributed by atoms with Crippen molar-refractivity contribution in [2.24, 2.45) is 0 Å². The third kappa shape index (κ3) is 3.01. The molecule has 2 rings (SSSR count). The molecule has 1 saturated heterocycles. The zero-order chi connectivity index (χ0) is 16.4. The first-order valence-electron chi connectivity index (χ1n) is 7.43. The SMILES string of the molecule is COc1c(C(C)O)cc(Cl)c(C)c1C1CCCCN1C(=O)O. The van der Waals surface area contributed by atoms with Crippen LogP contribution in [0.15, 0.2) is 6.07 Å². The summed E-state index contributed by atoms with van der Waals surface area (Å²) in [5.41, 5.74) is 2.16. The van der Waals surface area contributed by atoms with Gasteiger partial charge in [-0.15, -0.1) is 0 Å². The maximum Gasteiger partial charge on any atom is 0.407 e. The summed E-state index contributed by atoms with van der Waals surface area (Å²) < 4.78 is 5.52. The lowest BCUT2D eigenvalue weighted by molar-refractivity contribution is 0.105. The molecule has 0 aliphatic carbocycles. The van der Waals surface area contributed by atoms with Crippen molar-refractivity contribution in [3.8, 4) is 5.75 Å². The van der Waals surface area contributed by atoms with E-state index in [4.69, 9.17) is 16.3 Å². The van der Waals surface area contributed by atoms with Crippen molar-refractivity contribution < 1.29 is 19.7 Å². The number of hydrogen-bond acceptors (Lipinski definition) is 3. The number of ether oxygens (including phenoxy) is 1. The number of aliphatic hydroxyl groups is 1. The number of amides is 1. The van der Waals surface area contributed by atoms with E-state index in [0.29, 0.717) is 22.9 Å². The summed E-state index contributed by atoms with van der Waals surface area (Å²) in [6.45, 7) is 4.00. The molecule has 0 bridgehead atoms. The molecule has 2 atom stereocenters. The Hall–Kier alpha value is -1.46. The van der Waals surface area contributed by atoms with Crippen LogP contribution in [0.5, 0.6) is 5.75 Å². The van der Waals surface area contributed by atoms with E-state index in [1.165, 1.54) is 12.0 Å². The molecule has 0 spiro atoms. The minimum atomic E-state index is -0.940. The zero-order valence-corrected chi connectivity index (χ0v) is 13.9. The molecule has 2 unspecified atom stereocenters. The van der Waals surface area contributed by atoms with Gasteiger partial charge in [0, 0.05) is 22.7 Å². The van der Waals surface area contributed by atoms with E-state index in [0.717, 1.165) is 30.4 Å². The van der Waals surface area contributed by atoms with E-state index in [-0.39, 0.29) is 6.04 Å². The second-order valence-corrected chi connectivity index (χ2v) is 6.09. The Morgan fingerprint density at radius 2 is 2.18 bits per heavy atom. The van der Waals surface area contributed by atoms with E-state index >= 15 is 0 Å². The van der Waals surface area contributed by atoms with Gasteiger partial charge < -0.3 is 19.8 Å². The number of nitrogens with zero attached hydrogens (tertiary/aromatic N) is 1. The van der Waals surface area contributed by atoms with Gasteiger partial charge in [0.1, 0.15) is 5.75 Å². The van der Waals surface area contributed by atoms with Crippen LogP contribution in [0.1, 0.15) is 55.0 Å². The van der Waals surface area contributed by atoms with Crippen LogP contribution >= 0.6 is 11.6 Å². The molecular formula is C16H22ClNO4. The highest BCUT2D eigenvalue weighted by Crippen LogP contribution is 2.44. The summed E-state index contributed by atoms with van der Waals surface area (Å²) in [7, 11) is 1.53.